The van der Waals surface area contributed by atoms with Crippen LogP contribution < -0.4 is 0 Å². The van der Waals surface area contributed by atoms with Crippen LogP contribution in [-0.4, -0.2) is 61.2 Å². The average Bonchev–Trinajstić information content (AvgIpc) is 3.03. The van der Waals surface area contributed by atoms with Crippen molar-refractivity contribution in [3.8, 4) is 0 Å². The standard InChI is InChI=1S/C15H22FN3O2S/c16-15-5-3-4-14(12-15)13-17-8-10-19(11-9-17)22(20,21)18-6-1-2-7-18/h3-5,12H,1-2,6-11,13H2. The molecule has 5 nitrogen and oxygen atoms in total. The van der Waals surface area contributed by atoms with Gasteiger partial charge in [-0.3, -0.25) is 4.90 Å². The highest BCUT2D eigenvalue weighted by atomic mass is 32.2. The number of halogens is 1. The maximum Gasteiger partial charge on any atom is 0.282 e. The fourth-order valence-electron chi connectivity index (χ4n) is 3.09. The quantitative estimate of drug-likeness (QED) is 0.837. The van der Waals surface area contributed by atoms with Crippen LogP contribution >= 0.6 is 0 Å². The Hall–Kier alpha value is -1.02. The van der Waals surface area contributed by atoms with Gasteiger partial charge in [-0.2, -0.15) is 17.0 Å². The number of nitrogens with zero attached hydrogens (tertiary/aromatic N) is 3. The van der Waals surface area contributed by atoms with Crippen molar-refractivity contribution in [3.05, 3.63) is 35.6 Å². The smallest absolute Gasteiger partial charge is 0.282 e. The van der Waals surface area contributed by atoms with Gasteiger partial charge in [0.2, 0.25) is 0 Å². The second-order valence-corrected chi connectivity index (χ2v) is 7.85. The lowest BCUT2D eigenvalue weighted by atomic mass is 10.2. The van der Waals surface area contributed by atoms with E-state index in [1.165, 1.54) is 12.1 Å². The Morgan fingerprint density at radius 2 is 1.59 bits per heavy atom. The van der Waals surface area contributed by atoms with Crippen molar-refractivity contribution in [1.29, 1.82) is 0 Å². The average molecular weight is 327 g/mol. The molecule has 0 unspecified atom stereocenters. The third-order valence-corrected chi connectivity index (χ3v) is 6.38. The zero-order chi connectivity index (χ0) is 15.6. The van der Waals surface area contributed by atoms with Gasteiger partial charge in [0.25, 0.3) is 10.2 Å². The van der Waals surface area contributed by atoms with Crippen molar-refractivity contribution in [2.24, 2.45) is 0 Å². The van der Waals surface area contributed by atoms with E-state index >= 15 is 0 Å². The molecule has 0 amide bonds. The Kier molecular flexibility index (Phi) is 4.77. The van der Waals surface area contributed by atoms with Gasteiger partial charge in [-0.15, -0.1) is 0 Å². The van der Waals surface area contributed by atoms with Crippen molar-refractivity contribution in [1.82, 2.24) is 13.5 Å². The Balaban J connectivity index is 1.56. The van der Waals surface area contributed by atoms with Gasteiger partial charge >= 0.3 is 0 Å². The van der Waals surface area contributed by atoms with Gasteiger partial charge in [0, 0.05) is 45.8 Å². The van der Waals surface area contributed by atoms with E-state index in [4.69, 9.17) is 0 Å². The molecule has 0 radical (unpaired) electrons. The van der Waals surface area contributed by atoms with E-state index in [0.717, 1.165) is 18.4 Å². The van der Waals surface area contributed by atoms with Gasteiger partial charge in [0.05, 0.1) is 0 Å². The minimum Gasteiger partial charge on any atom is -0.296 e. The van der Waals surface area contributed by atoms with Crippen LogP contribution in [0.15, 0.2) is 24.3 Å². The number of hydrogen-bond donors (Lipinski definition) is 0. The molecule has 2 saturated heterocycles. The lowest BCUT2D eigenvalue weighted by Crippen LogP contribution is -2.52. The summed E-state index contributed by atoms with van der Waals surface area (Å²) >= 11 is 0. The second kappa shape index (κ2) is 6.62. The molecule has 2 fully saturated rings. The Labute approximate surface area is 131 Å². The molecule has 0 bridgehead atoms. The molecule has 3 rings (SSSR count). The van der Waals surface area contributed by atoms with Crippen LogP contribution in [0.4, 0.5) is 4.39 Å². The summed E-state index contributed by atoms with van der Waals surface area (Å²) < 4.78 is 41.3. The normalized spacial score (nSPS) is 22.2. The second-order valence-electron chi connectivity index (χ2n) is 5.92. The van der Waals surface area contributed by atoms with Crippen LogP contribution in [0.1, 0.15) is 18.4 Å². The Morgan fingerprint density at radius 3 is 2.23 bits per heavy atom. The van der Waals surface area contributed by atoms with Crippen LogP contribution in [0.5, 0.6) is 0 Å². The third-order valence-electron chi connectivity index (χ3n) is 4.34. The molecular formula is C15H22FN3O2S. The van der Waals surface area contributed by atoms with Gasteiger partial charge < -0.3 is 0 Å². The minimum atomic E-state index is -3.28. The molecule has 22 heavy (non-hydrogen) atoms. The van der Waals surface area contributed by atoms with Crippen LogP contribution in [0, 0.1) is 5.82 Å². The molecule has 122 valence electrons. The van der Waals surface area contributed by atoms with E-state index in [-0.39, 0.29) is 5.82 Å². The van der Waals surface area contributed by atoms with E-state index in [9.17, 15) is 12.8 Å². The lowest BCUT2D eigenvalue weighted by Gasteiger charge is -2.35. The molecule has 1 aromatic carbocycles. The summed E-state index contributed by atoms with van der Waals surface area (Å²) in [6.45, 7) is 4.34. The Bertz CT molecular complexity index is 609. The first-order valence-corrected chi connectivity index (χ1v) is 9.17. The highest BCUT2D eigenvalue weighted by Gasteiger charge is 2.33. The van der Waals surface area contributed by atoms with E-state index in [1.54, 1.807) is 14.7 Å². The topological polar surface area (TPSA) is 43.9 Å². The van der Waals surface area contributed by atoms with Crippen molar-refractivity contribution in [2.45, 2.75) is 19.4 Å². The molecule has 1 aromatic rings. The maximum absolute atomic E-state index is 13.2. The predicted octanol–water partition coefficient (Wildman–Crippen LogP) is 1.28. The van der Waals surface area contributed by atoms with E-state index < -0.39 is 10.2 Å². The number of piperazine rings is 1. The zero-order valence-corrected chi connectivity index (χ0v) is 13.4. The summed E-state index contributed by atoms with van der Waals surface area (Å²) in [5.74, 6) is -0.229. The number of rotatable bonds is 4. The lowest BCUT2D eigenvalue weighted by molar-refractivity contribution is 0.176. The van der Waals surface area contributed by atoms with Crippen LogP contribution in [0.3, 0.4) is 0 Å². The summed E-state index contributed by atoms with van der Waals surface area (Å²) in [5.41, 5.74) is 0.927. The summed E-state index contributed by atoms with van der Waals surface area (Å²) in [5, 5.41) is 0. The zero-order valence-electron chi connectivity index (χ0n) is 12.6. The molecule has 2 aliphatic heterocycles. The van der Waals surface area contributed by atoms with Crippen LogP contribution in [-0.2, 0) is 16.8 Å². The largest absolute Gasteiger partial charge is 0.296 e. The molecular weight excluding hydrogens is 305 g/mol. The monoisotopic (exact) mass is 327 g/mol. The summed E-state index contributed by atoms with van der Waals surface area (Å²) in [4.78, 5) is 2.17. The van der Waals surface area contributed by atoms with Crippen molar-refractivity contribution in [2.75, 3.05) is 39.3 Å². The Morgan fingerprint density at radius 1 is 0.955 bits per heavy atom. The first-order chi connectivity index (χ1) is 10.6. The first-order valence-electron chi connectivity index (χ1n) is 7.78. The predicted molar refractivity (Wildman–Crippen MR) is 83.0 cm³/mol. The maximum atomic E-state index is 13.2. The van der Waals surface area contributed by atoms with Crippen molar-refractivity contribution >= 4 is 10.2 Å². The van der Waals surface area contributed by atoms with Crippen molar-refractivity contribution in [3.63, 3.8) is 0 Å². The fourth-order valence-corrected chi connectivity index (χ4v) is 4.76. The molecule has 2 aliphatic rings. The number of benzene rings is 1. The van der Waals surface area contributed by atoms with Gasteiger partial charge in [-0.05, 0) is 30.5 Å². The van der Waals surface area contributed by atoms with Crippen molar-refractivity contribution < 1.29 is 12.8 Å². The highest BCUT2D eigenvalue weighted by Crippen LogP contribution is 2.18. The molecule has 7 heteroatoms. The summed E-state index contributed by atoms with van der Waals surface area (Å²) in [6, 6.07) is 6.58. The molecule has 0 aromatic heterocycles. The molecule has 0 saturated carbocycles. The van der Waals surface area contributed by atoms with Gasteiger partial charge in [0.1, 0.15) is 5.82 Å². The van der Waals surface area contributed by atoms with E-state index in [0.29, 0.717) is 45.8 Å². The first kappa shape index (κ1) is 15.9. The van der Waals surface area contributed by atoms with Gasteiger partial charge in [-0.25, -0.2) is 4.39 Å². The van der Waals surface area contributed by atoms with Gasteiger partial charge in [0.15, 0.2) is 0 Å². The van der Waals surface area contributed by atoms with E-state index in [1.807, 2.05) is 6.07 Å². The molecule has 0 N–H and O–H groups in total. The molecule has 0 spiro atoms. The highest BCUT2D eigenvalue weighted by molar-refractivity contribution is 7.86. The summed E-state index contributed by atoms with van der Waals surface area (Å²) in [6.07, 6.45) is 1.91. The summed E-state index contributed by atoms with van der Waals surface area (Å²) in [7, 11) is -3.28. The van der Waals surface area contributed by atoms with E-state index in [2.05, 4.69) is 4.90 Å². The molecule has 2 heterocycles. The van der Waals surface area contributed by atoms with Crippen LogP contribution in [0.25, 0.3) is 0 Å². The molecule has 0 atom stereocenters. The van der Waals surface area contributed by atoms with Crippen LogP contribution in [0.2, 0.25) is 0 Å². The van der Waals surface area contributed by atoms with Gasteiger partial charge in [-0.1, -0.05) is 12.1 Å². The fraction of sp³-hybridized carbons (Fsp3) is 0.600. The SMILES string of the molecule is O=S(=O)(N1CCCC1)N1CCN(Cc2cccc(F)c2)CC1. The number of hydrogen-bond acceptors (Lipinski definition) is 3. The minimum absolute atomic E-state index is 0.229. The molecule has 0 aliphatic carbocycles. The third kappa shape index (κ3) is 3.48.